The lowest BCUT2D eigenvalue weighted by Gasteiger charge is -2.33. The van der Waals surface area contributed by atoms with Crippen molar-refractivity contribution in [1.29, 1.82) is 0 Å². The molecule has 0 spiro atoms. The van der Waals surface area contributed by atoms with E-state index in [0.29, 0.717) is 83.3 Å². The Kier molecular flexibility index (Phi) is 14.5. The molecule has 0 bridgehead atoms. The van der Waals surface area contributed by atoms with E-state index in [1.165, 1.54) is 24.4 Å². The second kappa shape index (κ2) is 20.6. The van der Waals surface area contributed by atoms with Crippen molar-refractivity contribution in [3.05, 3.63) is 82.6 Å². The third kappa shape index (κ3) is 10.6. The molecule has 1 aliphatic heterocycles. The highest BCUT2D eigenvalue weighted by atomic mass is 16.5. The SMILES string of the molecule is CCN1CCN(CC(=O)NCCCOc2cc(C(N)=O)cc3nc(NC(=O)c4cc(C)nn4CC)n(C/C=C/Cn4c(NC(=O)c5cc(C)nn5CC)nc5cc(C(N)=O)cnc54)c23)CC1. The Morgan fingerprint density at radius 2 is 1.27 bits per heavy atom. The Bertz CT molecular complexity index is 2810. The summed E-state index contributed by atoms with van der Waals surface area (Å²) in [6, 6.07) is 7.93. The number of piperazine rings is 1. The summed E-state index contributed by atoms with van der Waals surface area (Å²) in [7, 11) is 0. The highest BCUT2D eigenvalue weighted by Gasteiger charge is 2.23. The van der Waals surface area contributed by atoms with Gasteiger partial charge in [0.05, 0.1) is 35.6 Å². The maximum absolute atomic E-state index is 13.8. The minimum atomic E-state index is -0.697. The number of amides is 5. The van der Waals surface area contributed by atoms with Crippen LogP contribution in [0.25, 0.3) is 22.2 Å². The minimum Gasteiger partial charge on any atom is -0.491 e. The third-order valence-corrected chi connectivity index (χ3v) is 11.2. The van der Waals surface area contributed by atoms with Gasteiger partial charge in [0.2, 0.25) is 29.6 Å². The number of benzene rings is 1. The predicted molar refractivity (Wildman–Crippen MR) is 246 cm³/mol. The molecule has 1 saturated heterocycles. The van der Waals surface area contributed by atoms with Crippen LogP contribution in [0.4, 0.5) is 11.9 Å². The predicted octanol–water partition coefficient (Wildman–Crippen LogP) is 2.31. The van der Waals surface area contributed by atoms with E-state index in [4.69, 9.17) is 21.2 Å². The Morgan fingerprint density at radius 1 is 0.712 bits per heavy atom. The summed E-state index contributed by atoms with van der Waals surface area (Å²) in [5, 5.41) is 17.6. The summed E-state index contributed by atoms with van der Waals surface area (Å²) in [4.78, 5) is 83.1. The number of likely N-dealkylation sites (N-methyl/N-ethyl adjacent to an activating group) is 1. The zero-order chi connectivity index (χ0) is 47.1. The summed E-state index contributed by atoms with van der Waals surface area (Å²) in [6.07, 6.45) is 5.45. The van der Waals surface area contributed by atoms with Gasteiger partial charge in [0.25, 0.3) is 11.8 Å². The first-order valence-electron chi connectivity index (χ1n) is 22.0. The zero-order valence-corrected chi connectivity index (χ0v) is 37.8. The normalized spacial score (nSPS) is 13.5. The molecule has 1 aromatic carbocycles. The number of pyridine rings is 1. The fourth-order valence-electron chi connectivity index (χ4n) is 7.80. The van der Waals surface area contributed by atoms with Crippen LogP contribution >= 0.6 is 0 Å². The summed E-state index contributed by atoms with van der Waals surface area (Å²) < 4.78 is 12.9. The number of imidazole rings is 2. The lowest BCUT2D eigenvalue weighted by molar-refractivity contribution is -0.122. The molecule has 6 heterocycles. The van der Waals surface area contributed by atoms with Crippen LogP contribution in [0.3, 0.4) is 0 Å². The Hall–Kier alpha value is -7.46. The van der Waals surface area contributed by atoms with Crippen LogP contribution in [0.2, 0.25) is 0 Å². The number of nitrogens with zero attached hydrogens (tertiary/aromatic N) is 11. The summed E-state index contributed by atoms with van der Waals surface area (Å²) >= 11 is 0. The molecule has 22 nitrogen and oxygen atoms in total. The van der Waals surface area contributed by atoms with Gasteiger partial charge in [0.15, 0.2) is 5.65 Å². The maximum atomic E-state index is 13.8. The van der Waals surface area contributed by atoms with Gasteiger partial charge in [-0.2, -0.15) is 10.2 Å². The third-order valence-electron chi connectivity index (χ3n) is 11.2. The lowest BCUT2D eigenvalue weighted by Crippen LogP contribution is -2.49. The van der Waals surface area contributed by atoms with E-state index in [2.05, 4.69) is 52.8 Å². The molecule has 348 valence electrons. The number of primary amides is 2. The van der Waals surface area contributed by atoms with Crippen molar-refractivity contribution in [1.82, 2.24) is 58.8 Å². The van der Waals surface area contributed by atoms with Gasteiger partial charge in [-0.3, -0.25) is 53.4 Å². The number of nitrogens with two attached hydrogens (primary N) is 2. The Balaban J connectivity index is 1.16. The highest BCUT2D eigenvalue weighted by molar-refractivity contribution is 6.05. The lowest BCUT2D eigenvalue weighted by atomic mass is 10.1. The summed E-state index contributed by atoms with van der Waals surface area (Å²) in [6.45, 7) is 16.1. The topological polar surface area (TPSA) is 273 Å². The Morgan fingerprint density at radius 3 is 1.86 bits per heavy atom. The highest BCUT2D eigenvalue weighted by Crippen LogP contribution is 2.32. The van der Waals surface area contributed by atoms with Gasteiger partial charge in [-0.25, -0.2) is 15.0 Å². The molecule has 5 aromatic heterocycles. The van der Waals surface area contributed by atoms with Crippen LogP contribution in [0.15, 0.2) is 48.7 Å². The molecule has 66 heavy (non-hydrogen) atoms. The quantitative estimate of drug-likeness (QED) is 0.0544. The molecule has 0 aliphatic carbocycles. The van der Waals surface area contributed by atoms with E-state index in [9.17, 15) is 24.0 Å². The molecule has 0 saturated carbocycles. The number of carbonyl (C=O) groups is 5. The van der Waals surface area contributed by atoms with Crippen molar-refractivity contribution in [3.63, 3.8) is 0 Å². The summed E-state index contributed by atoms with van der Waals surface area (Å²) in [5.41, 5.74) is 15.1. The fourth-order valence-corrected chi connectivity index (χ4v) is 7.80. The number of hydrogen-bond acceptors (Lipinski definition) is 13. The molecule has 7 N–H and O–H groups in total. The van der Waals surface area contributed by atoms with Gasteiger partial charge in [0, 0.05) is 70.7 Å². The number of aromatic nitrogens is 9. The van der Waals surface area contributed by atoms with Crippen molar-refractivity contribution < 1.29 is 28.7 Å². The number of hydrogen-bond donors (Lipinski definition) is 5. The molecule has 0 unspecified atom stereocenters. The molecule has 6 aromatic rings. The van der Waals surface area contributed by atoms with Crippen molar-refractivity contribution in [2.45, 2.75) is 67.2 Å². The number of fused-ring (bicyclic) bond motifs is 2. The second-order valence-electron chi connectivity index (χ2n) is 15.8. The van der Waals surface area contributed by atoms with Crippen molar-refractivity contribution in [3.8, 4) is 5.75 Å². The maximum Gasteiger partial charge on any atom is 0.276 e. The average molecular weight is 905 g/mol. The minimum absolute atomic E-state index is 0.0636. The summed E-state index contributed by atoms with van der Waals surface area (Å²) in [5.74, 6) is -1.72. The van der Waals surface area contributed by atoms with Gasteiger partial charge in [0.1, 0.15) is 28.2 Å². The molecule has 1 aliphatic rings. The van der Waals surface area contributed by atoms with Crippen molar-refractivity contribution >= 4 is 63.6 Å². The molecule has 0 atom stereocenters. The van der Waals surface area contributed by atoms with Crippen LogP contribution in [-0.2, 0) is 31.0 Å². The fraction of sp³-hybridized carbons (Fsp3) is 0.409. The van der Waals surface area contributed by atoms with Crippen LogP contribution in [-0.4, -0.2) is 135 Å². The number of aryl methyl sites for hydroxylation is 4. The Labute approximate surface area is 380 Å². The second-order valence-corrected chi connectivity index (χ2v) is 15.8. The van der Waals surface area contributed by atoms with Crippen molar-refractivity contribution in [2.24, 2.45) is 11.5 Å². The van der Waals surface area contributed by atoms with Crippen LogP contribution in [0.5, 0.6) is 5.75 Å². The zero-order valence-electron chi connectivity index (χ0n) is 37.8. The first-order valence-corrected chi connectivity index (χ1v) is 22.0. The first kappa shape index (κ1) is 46.5. The van der Waals surface area contributed by atoms with Crippen LogP contribution < -0.4 is 32.2 Å². The average Bonchev–Trinajstić information content (AvgIpc) is 4.06. The molecule has 22 heteroatoms. The van der Waals surface area contributed by atoms with Gasteiger partial charge >= 0.3 is 0 Å². The molecular formula is C44H56N16O6. The number of anilines is 2. The van der Waals surface area contributed by atoms with E-state index in [1.54, 1.807) is 44.5 Å². The van der Waals surface area contributed by atoms with Crippen molar-refractivity contribution in [2.75, 3.05) is 63.1 Å². The van der Waals surface area contributed by atoms with Gasteiger partial charge < -0.3 is 31.0 Å². The van der Waals surface area contributed by atoms with Crippen LogP contribution in [0, 0.1) is 13.8 Å². The number of ether oxygens (including phenoxy) is 1. The molecule has 0 radical (unpaired) electrons. The smallest absolute Gasteiger partial charge is 0.276 e. The van der Waals surface area contributed by atoms with E-state index in [-0.39, 0.29) is 48.6 Å². The standard InChI is InChI=1S/C44H56N16O6/c1-6-55-15-17-56(18-16-55)26-36(61)47-12-11-19-66-35-24-29(38(45)62)22-31-37(35)57(43(49-31)51-41(64)33-20-27(4)53-59(33)7-2)13-9-10-14-58-40-32(23-30(25-48-40)39(46)63)50-44(58)52-42(65)34-21-28(5)54-60(34)8-3/h9-10,20-25H,6-8,11-19,26H2,1-5H3,(H2,45,62)(H2,46,63)(H,47,61)(H,49,51,64)(H,50,52,65)/b10-9+. The molecule has 7 rings (SSSR count). The van der Waals surface area contributed by atoms with E-state index in [1.807, 2.05) is 26.0 Å². The van der Waals surface area contributed by atoms with E-state index in [0.717, 1.165) is 32.7 Å². The first-order chi connectivity index (χ1) is 31.8. The molecule has 1 fully saturated rings. The number of allylic oxidation sites excluding steroid dienone is 2. The van der Waals surface area contributed by atoms with E-state index >= 15 is 0 Å². The molecular weight excluding hydrogens is 849 g/mol. The van der Waals surface area contributed by atoms with Gasteiger partial charge in [-0.05, 0) is 71.0 Å². The number of nitrogens with one attached hydrogen (secondary N) is 3. The van der Waals surface area contributed by atoms with Crippen LogP contribution in [0.1, 0.15) is 80.3 Å². The van der Waals surface area contributed by atoms with Gasteiger partial charge in [-0.1, -0.05) is 19.1 Å². The van der Waals surface area contributed by atoms with E-state index < -0.39 is 23.6 Å². The monoisotopic (exact) mass is 904 g/mol. The number of rotatable bonds is 20. The largest absolute Gasteiger partial charge is 0.491 e. The molecule has 5 amide bonds. The number of carbonyl (C=O) groups excluding carboxylic acids is 5. The van der Waals surface area contributed by atoms with Gasteiger partial charge in [-0.15, -0.1) is 0 Å².